The lowest BCUT2D eigenvalue weighted by Gasteiger charge is -2.21. The number of thioether (sulfide) groups is 1. The van der Waals surface area contributed by atoms with Gasteiger partial charge in [0.2, 0.25) is 0 Å². The summed E-state index contributed by atoms with van der Waals surface area (Å²) in [7, 11) is 0. The van der Waals surface area contributed by atoms with Crippen molar-refractivity contribution < 1.29 is 0 Å². The van der Waals surface area contributed by atoms with E-state index < -0.39 is 0 Å². The third-order valence-electron chi connectivity index (χ3n) is 2.27. The Kier molecular flexibility index (Phi) is 19.7. The Morgan fingerprint density at radius 2 is 1.33 bits per heavy atom. The second-order valence-electron chi connectivity index (χ2n) is 3.54. The number of unbranched alkanes of at least 4 members (excludes halogenated alkanes) is 2. The molecule has 15 heavy (non-hydrogen) atoms. The molecule has 0 aliphatic rings. The minimum atomic E-state index is 1.28. The van der Waals surface area contributed by atoms with Crippen LogP contribution in [0.4, 0.5) is 0 Å². The monoisotopic (exact) mass is 233 g/mol. The van der Waals surface area contributed by atoms with Crippen LogP contribution in [-0.2, 0) is 0 Å². The van der Waals surface area contributed by atoms with E-state index >= 15 is 0 Å². The van der Waals surface area contributed by atoms with Crippen molar-refractivity contribution in [2.24, 2.45) is 0 Å². The van der Waals surface area contributed by atoms with Crippen LogP contribution in [0.3, 0.4) is 0 Å². The van der Waals surface area contributed by atoms with Gasteiger partial charge in [-0.2, -0.15) is 11.8 Å². The van der Waals surface area contributed by atoms with Crippen molar-refractivity contribution in [3.63, 3.8) is 0 Å². The normalized spacial score (nSPS) is 10.0. The molecule has 0 aliphatic heterocycles. The van der Waals surface area contributed by atoms with E-state index in [4.69, 9.17) is 0 Å². The summed E-state index contributed by atoms with van der Waals surface area (Å²) in [5, 5.41) is 0. The predicted octanol–water partition coefficient (Wildman–Crippen LogP) is 4.28. The fraction of sp³-hybridized carbons (Fsp3) is 1.00. The smallest absolute Gasteiger partial charge is 0.00722 e. The van der Waals surface area contributed by atoms with Crippen LogP contribution in [0.2, 0.25) is 0 Å². The van der Waals surface area contributed by atoms with E-state index in [1.807, 2.05) is 25.6 Å². The van der Waals surface area contributed by atoms with Crippen LogP contribution in [0, 0.1) is 0 Å². The van der Waals surface area contributed by atoms with Crippen molar-refractivity contribution in [2.45, 2.75) is 53.4 Å². The molecule has 0 N–H and O–H groups in total. The van der Waals surface area contributed by atoms with Crippen molar-refractivity contribution in [3.05, 3.63) is 0 Å². The Labute approximate surface area is 102 Å². The summed E-state index contributed by atoms with van der Waals surface area (Å²) in [6.07, 6.45) is 7.55. The van der Waals surface area contributed by atoms with Crippen LogP contribution in [0.5, 0.6) is 0 Å². The maximum Gasteiger partial charge on any atom is 0.00722 e. The first-order valence-corrected chi connectivity index (χ1v) is 7.95. The Balaban J connectivity index is 0. The van der Waals surface area contributed by atoms with Gasteiger partial charge in [0.05, 0.1) is 0 Å². The molecule has 1 nitrogen and oxygen atoms in total. The topological polar surface area (TPSA) is 3.24 Å². The first-order chi connectivity index (χ1) is 7.35. The third-order valence-corrected chi connectivity index (χ3v) is 2.86. The molecule has 0 heterocycles. The zero-order valence-electron chi connectivity index (χ0n) is 11.5. The standard InChI is InChI=1S/C11H25NS.C2H6/c1-4-6-8-12(9-7-5-2)10-11-13-3;1-2/h4-11H2,1-3H3;1-2H3. The molecular weight excluding hydrogens is 202 g/mol. The van der Waals surface area contributed by atoms with Crippen molar-refractivity contribution in [3.8, 4) is 0 Å². The van der Waals surface area contributed by atoms with Gasteiger partial charge in [0, 0.05) is 12.3 Å². The molecule has 0 unspecified atom stereocenters. The quantitative estimate of drug-likeness (QED) is 0.585. The molecule has 0 atom stereocenters. The van der Waals surface area contributed by atoms with Gasteiger partial charge in [-0.25, -0.2) is 0 Å². The fourth-order valence-corrected chi connectivity index (χ4v) is 1.76. The highest BCUT2D eigenvalue weighted by Crippen LogP contribution is 2.01. The molecule has 0 radical (unpaired) electrons. The highest BCUT2D eigenvalue weighted by atomic mass is 32.2. The molecule has 0 bridgehead atoms. The van der Waals surface area contributed by atoms with Crippen LogP contribution in [0.25, 0.3) is 0 Å². The van der Waals surface area contributed by atoms with Crippen molar-refractivity contribution in [2.75, 3.05) is 31.6 Å². The molecule has 0 saturated heterocycles. The summed E-state index contributed by atoms with van der Waals surface area (Å²) in [6.45, 7) is 12.4. The Hall–Kier alpha value is 0.310. The fourth-order valence-electron chi connectivity index (χ4n) is 1.32. The zero-order chi connectivity index (χ0) is 11.9. The predicted molar refractivity (Wildman–Crippen MR) is 76.0 cm³/mol. The largest absolute Gasteiger partial charge is 0.303 e. The van der Waals surface area contributed by atoms with E-state index in [1.54, 1.807) is 0 Å². The Morgan fingerprint density at radius 1 is 0.867 bits per heavy atom. The van der Waals surface area contributed by atoms with Gasteiger partial charge in [-0.15, -0.1) is 0 Å². The number of rotatable bonds is 9. The van der Waals surface area contributed by atoms with E-state index in [0.717, 1.165) is 0 Å². The maximum absolute atomic E-state index is 2.61. The molecule has 0 aromatic rings. The van der Waals surface area contributed by atoms with E-state index in [0.29, 0.717) is 0 Å². The first kappa shape index (κ1) is 17.7. The lowest BCUT2D eigenvalue weighted by atomic mass is 10.2. The van der Waals surface area contributed by atoms with E-state index in [-0.39, 0.29) is 0 Å². The van der Waals surface area contributed by atoms with Crippen LogP contribution >= 0.6 is 11.8 Å². The molecule has 94 valence electrons. The summed E-state index contributed by atoms with van der Waals surface area (Å²) >= 11 is 1.96. The Bertz CT molecular complexity index is 77.5. The van der Waals surface area contributed by atoms with Gasteiger partial charge >= 0.3 is 0 Å². The maximum atomic E-state index is 2.61. The zero-order valence-corrected chi connectivity index (χ0v) is 12.3. The molecule has 0 amide bonds. The van der Waals surface area contributed by atoms with Crippen LogP contribution in [-0.4, -0.2) is 36.5 Å². The average molecular weight is 233 g/mol. The van der Waals surface area contributed by atoms with Gasteiger partial charge in [-0.1, -0.05) is 40.5 Å². The lowest BCUT2D eigenvalue weighted by Crippen LogP contribution is -2.28. The summed E-state index contributed by atoms with van der Waals surface area (Å²) in [4.78, 5) is 2.61. The van der Waals surface area contributed by atoms with Crippen molar-refractivity contribution in [1.29, 1.82) is 0 Å². The van der Waals surface area contributed by atoms with E-state index in [1.165, 1.54) is 51.1 Å². The first-order valence-electron chi connectivity index (χ1n) is 6.56. The SMILES string of the molecule is CC.CCCCN(CCCC)CCSC. The molecule has 0 aliphatic carbocycles. The molecule has 0 fully saturated rings. The van der Waals surface area contributed by atoms with Crippen LogP contribution in [0.15, 0.2) is 0 Å². The summed E-state index contributed by atoms with van der Waals surface area (Å²) in [6, 6.07) is 0. The van der Waals surface area contributed by atoms with E-state index in [2.05, 4.69) is 25.0 Å². The molecule has 0 saturated carbocycles. The lowest BCUT2D eigenvalue weighted by molar-refractivity contribution is 0.281. The highest BCUT2D eigenvalue weighted by molar-refractivity contribution is 7.98. The van der Waals surface area contributed by atoms with Crippen LogP contribution in [0.1, 0.15) is 53.4 Å². The third kappa shape index (κ3) is 14.3. The number of hydrogen-bond donors (Lipinski definition) is 0. The second kappa shape index (κ2) is 16.7. The molecule has 0 aromatic carbocycles. The van der Waals surface area contributed by atoms with Gasteiger partial charge in [-0.3, -0.25) is 0 Å². The van der Waals surface area contributed by atoms with Gasteiger partial charge in [0.25, 0.3) is 0 Å². The van der Waals surface area contributed by atoms with Crippen molar-refractivity contribution >= 4 is 11.8 Å². The van der Waals surface area contributed by atoms with Gasteiger partial charge in [0.15, 0.2) is 0 Å². The molecule has 2 heteroatoms. The number of hydrogen-bond acceptors (Lipinski definition) is 2. The summed E-state index contributed by atoms with van der Waals surface area (Å²) in [5.41, 5.74) is 0. The van der Waals surface area contributed by atoms with Gasteiger partial charge in [-0.05, 0) is 32.2 Å². The van der Waals surface area contributed by atoms with Gasteiger partial charge < -0.3 is 4.90 Å². The highest BCUT2D eigenvalue weighted by Gasteiger charge is 2.01. The van der Waals surface area contributed by atoms with E-state index in [9.17, 15) is 0 Å². The Morgan fingerprint density at radius 3 is 1.67 bits per heavy atom. The number of nitrogens with zero attached hydrogens (tertiary/aromatic N) is 1. The summed E-state index contributed by atoms with van der Waals surface area (Å²) < 4.78 is 0. The average Bonchev–Trinajstić information content (AvgIpc) is 2.31. The van der Waals surface area contributed by atoms with Crippen LogP contribution < -0.4 is 0 Å². The molecule has 0 rings (SSSR count). The van der Waals surface area contributed by atoms with Crippen molar-refractivity contribution in [1.82, 2.24) is 4.90 Å². The molecule has 0 aromatic heterocycles. The minimum Gasteiger partial charge on any atom is -0.303 e. The van der Waals surface area contributed by atoms with Gasteiger partial charge in [0.1, 0.15) is 0 Å². The second-order valence-corrected chi connectivity index (χ2v) is 4.53. The summed E-state index contributed by atoms with van der Waals surface area (Å²) in [5.74, 6) is 1.29. The molecular formula is C13H31NS. The minimum absolute atomic E-state index is 1.28. The molecule has 0 spiro atoms.